The Bertz CT molecular complexity index is 533. The van der Waals surface area contributed by atoms with Crippen molar-refractivity contribution in [3.05, 3.63) is 28.1 Å². The maximum Gasteiger partial charge on any atom is 0.192 e. The van der Waals surface area contributed by atoms with Gasteiger partial charge in [-0.25, -0.2) is 4.98 Å². The van der Waals surface area contributed by atoms with Crippen LogP contribution in [0.4, 0.5) is 0 Å². The Morgan fingerprint density at radius 1 is 1.53 bits per heavy atom. The standard InChI is InChI=1S/C10H7Br2NO2/c1-5-13-10-7(12)2-6(8(14)4-11)3-9(10)15-5/h2-3H,4H2,1H3. The van der Waals surface area contributed by atoms with E-state index in [1.807, 2.05) is 0 Å². The molecule has 1 heterocycles. The van der Waals surface area contributed by atoms with Gasteiger partial charge >= 0.3 is 0 Å². The van der Waals surface area contributed by atoms with E-state index in [1.165, 1.54) is 0 Å². The maximum atomic E-state index is 11.5. The lowest BCUT2D eigenvalue weighted by Gasteiger charge is -1.98. The number of halogens is 2. The minimum absolute atomic E-state index is 0.0200. The molecule has 0 N–H and O–H groups in total. The fourth-order valence-electron chi connectivity index (χ4n) is 1.34. The van der Waals surface area contributed by atoms with Gasteiger partial charge in [-0.1, -0.05) is 15.9 Å². The number of aromatic nitrogens is 1. The van der Waals surface area contributed by atoms with Crippen LogP contribution in [0.15, 0.2) is 21.0 Å². The van der Waals surface area contributed by atoms with E-state index in [1.54, 1.807) is 19.1 Å². The molecule has 0 saturated heterocycles. The number of carbonyl (C=O) groups is 1. The van der Waals surface area contributed by atoms with Gasteiger partial charge in [-0.3, -0.25) is 4.79 Å². The Hall–Kier alpha value is -0.680. The van der Waals surface area contributed by atoms with Crippen molar-refractivity contribution in [2.75, 3.05) is 5.33 Å². The second-order valence-corrected chi connectivity index (χ2v) is 4.51. The molecule has 0 fully saturated rings. The van der Waals surface area contributed by atoms with Crippen molar-refractivity contribution in [3.63, 3.8) is 0 Å². The lowest BCUT2D eigenvalue weighted by molar-refractivity contribution is 0.102. The predicted molar refractivity (Wildman–Crippen MR) is 64.6 cm³/mol. The number of nitrogens with zero attached hydrogens (tertiary/aromatic N) is 1. The summed E-state index contributed by atoms with van der Waals surface area (Å²) in [4.78, 5) is 15.7. The Balaban J connectivity index is 2.66. The first-order chi connectivity index (χ1) is 7.11. The fourth-order valence-corrected chi connectivity index (χ4v) is 2.19. The number of hydrogen-bond acceptors (Lipinski definition) is 3. The molecule has 5 heteroatoms. The van der Waals surface area contributed by atoms with Crippen molar-refractivity contribution < 1.29 is 9.21 Å². The highest BCUT2D eigenvalue weighted by Crippen LogP contribution is 2.26. The number of carbonyl (C=O) groups excluding carboxylic acids is 1. The zero-order chi connectivity index (χ0) is 11.0. The van der Waals surface area contributed by atoms with Crippen LogP contribution in [0.5, 0.6) is 0 Å². The summed E-state index contributed by atoms with van der Waals surface area (Å²) in [5.41, 5.74) is 1.99. The quantitative estimate of drug-likeness (QED) is 0.624. The molecule has 78 valence electrons. The molecule has 0 aliphatic heterocycles. The number of fused-ring (bicyclic) bond motifs is 1. The molecule has 1 aromatic heterocycles. The molecular weight excluding hydrogens is 326 g/mol. The van der Waals surface area contributed by atoms with E-state index in [4.69, 9.17) is 4.42 Å². The highest BCUT2D eigenvalue weighted by molar-refractivity contribution is 9.10. The highest BCUT2D eigenvalue weighted by Gasteiger charge is 2.12. The third-order valence-electron chi connectivity index (χ3n) is 2.00. The number of aryl methyl sites for hydroxylation is 1. The van der Waals surface area contributed by atoms with Crippen LogP contribution >= 0.6 is 31.9 Å². The molecule has 1 aromatic carbocycles. The first-order valence-electron chi connectivity index (χ1n) is 4.27. The summed E-state index contributed by atoms with van der Waals surface area (Å²) in [5, 5.41) is 0.304. The van der Waals surface area contributed by atoms with Crippen LogP contribution in [0, 0.1) is 6.92 Å². The van der Waals surface area contributed by atoms with Gasteiger partial charge in [-0.05, 0) is 28.1 Å². The van der Waals surface area contributed by atoms with Crippen molar-refractivity contribution in [1.29, 1.82) is 0 Å². The lowest BCUT2D eigenvalue weighted by atomic mass is 10.1. The molecule has 0 atom stereocenters. The number of oxazole rings is 1. The monoisotopic (exact) mass is 331 g/mol. The van der Waals surface area contributed by atoms with Gasteiger partial charge in [0, 0.05) is 17.0 Å². The van der Waals surface area contributed by atoms with Crippen molar-refractivity contribution in [2.24, 2.45) is 0 Å². The van der Waals surface area contributed by atoms with Gasteiger partial charge in [0.2, 0.25) is 0 Å². The van der Waals surface area contributed by atoms with Crippen LogP contribution in [0.3, 0.4) is 0 Å². The van der Waals surface area contributed by atoms with Gasteiger partial charge in [0.1, 0.15) is 5.52 Å². The van der Waals surface area contributed by atoms with E-state index in [-0.39, 0.29) is 5.78 Å². The minimum Gasteiger partial charge on any atom is -0.441 e. The summed E-state index contributed by atoms with van der Waals surface area (Å²) in [5.74, 6) is 0.612. The summed E-state index contributed by atoms with van der Waals surface area (Å²) < 4.78 is 6.15. The molecule has 2 rings (SSSR count). The van der Waals surface area contributed by atoms with Crippen LogP contribution in [-0.2, 0) is 0 Å². The summed E-state index contributed by atoms with van der Waals surface area (Å²) in [6, 6.07) is 3.47. The van der Waals surface area contributed by atoms with E-state index < -0.39 is 0 Å². The van der Waals surface area contributed by atoms with Crippen molar-refractivity contribution >= 4 is 48.7 Å². The lowest BCUT2D eigenvalue weighted by Crippen LogP contribution is -1.99. The van der Waals surface area contributed by atoms with Crippen molar-refractivity contribution in [2.45, 2.75) is 6.92 Å². The van der Waals surface area contributed by atoms with E-state index >= 15 is 0 Å². The van der Waals surface area contributed by atoms with Crippen LogP contribution in [0.25, 0.3) is 11.1 Å². The molecule has 0 amide bonds. The van der Waals surface area contributed by atoms with E-state index in [0.29, 0.717) is 22.4 Å². The summed E-state index contributed by atoms with van der Waals surface area (Å²) >= 11 is 6.50. The predicted octanol–water partition coefficient (Wildman–Crippen LogP) is 3.48. The Morgan fingerprint density at radius 3 is 2.93 bits per heavy atom. The molecule has 0 aliphatic rings. The maximum absolute atomic E-state index is 11.5. The smallest absolute Gasteiger partial charge is 0.192 e. The first-order valence-corrected chi connectivity index (χ1v) is 6.19. The zero-order valence-corrected chi connectivity index (χ0v) is 11.1. The molecular formula is C10H7Br2NO2. The Morgan fingerprint density at radius 2 is 2.27 bits per heavy atom. The van der Waals surface area contributed by atoms with Gasteiger partial charge < -0.3 is 4.42 Å². The van der Waals surface area contributed by atoms with E-state index in [2.05, 4.69) is 36.8 Å². The van der Waals surface area contributed by atoms with Gasteiger partial charge in [0.05, 0.1) is 5.33 Å². The zero-order valence-electron chi connectivity index (χ0n) is 7.88. The summed E-state index contributed by atoms with van der Waals surface area (Å²) in [6.45, 7) is 1.78. The first kappa shape index (κ1) is 10.8. The van der Waals surface area contributed by atoms with Gasteiger partial charge in [-0.15, -0.1) is 0 Å². The van der Waals surface area contributed by atoms with Gasteiger partial charge in [0.15, 0.2) is 17.3 Å². The number of rotatable bonds is 2. The Labute approximate surface area is 103 Å². The van der Waals surface area contributed by atoms with Crippen LogP contribution in [-0.4, -0.2) is 16.1 Å². The van der Waals surface area contributed by atoms with E-state index in [9.17, 15) is 4.79 Å². The molecule has 0 saturated carbocycles. The molecule has 0 bridgehead atoms. The molecule has 0 radical (unpaired) electrons. The average molecular weight is 333 g/mol. The van der Waals surface area contributed by atoms with Crippen LogP contribution < -0.4 is 0 Å². The topological polar surface area (TPSA) is 43.1 Å². The SMILES string of the molecule is Cc1nc2c(Br)cc(C(=O)CBr)cc2o1. The highest BCUT2D eigenvalue weighted by atomic mass is 79.9. The summed E-state index contributed by atoms with van der Waals surface area (Å²) in [7, 11) is 0. The minimum atomic E-state index is 0.0200. The molecule has 15 heavy (non-hydrogen) atoms. The fraction of sp³-hybridized carbons (Fsp3) is 0.200. The third kappa shape index (κ3) is 1.99. The number of benzene rings is 1. The molecule has 0 aliphatic carbocycles. The largest absolute Gasteiger partial charge is 0.441 e. The van der Waals surface area contributed by atoms with Crippen LogP contribution in [0.1, 0.15) is 16.2 Å². The normalized spacial score (nSPS) is 10.9. The van der Waals surface area contributed by atoms with Crippen LogP contribution in [0.2, 0.25) is 0 Å². The third-order valence-corrected chi connectivity index (χ3v) is 3.11. The second-order valence-electron chi connectivity index (χ2n) is 3.09. The van der Waals surface area contributed by atoms with E-state index in [0.717, 1.165) is 9.99 Å². The van der Waals surface area contributed by atoms with Crippen molar-refractivity contribution in [1.82, 2.24) is 4.98 Å². The Kier molecular flexibility index (Phi) is 2.93. The number of alkyl halides is 1. The molecule has 3 nitrogen and oxygen atoms in total. The summed E-state index contributed by atoms with van der Waals surface area (Å²) in [6.07, 6.45) is 0. The number of ketones is 1. The molecule has 0 unspecified atom stereocenters. The second kappa shape index (κ2) is 4.06. The van der Waals surface area contributed by atoms with Gasteiger partial charge in [-0.2, -0.15) is 0 Å². The van der Waals surface area contributed by atoms with Gasteiger partial charge in [0.25, 0.3) is 0 Å². The molecule has 2 aromatic rings. The molecule has 0 spiro atoms. The average Bonchev–Trinajstić information content (AvgIpc) is 2.58. The number of hydrogen-bond donors (Lipinski definition) is 0. The van der Waals surface area contributed by atoms with Crippen molar-refractivity contribution in [3.8, 4) is 0 Å². The number of Topliss-reactive ketones (excluding diaryl/α,β-unsaturated/α-hetero) is 1.